The first-order chi connectivity index (χ1) is 5.65. The van der Waals surface area contributed by atoms with Crippen molar-refractivity contribution in [2.45, 2.75) is 13.5 Å². The van der Waals surface area contributed by atoms with Crippen LogP contribution in [0.4, 0.5) is 5.82 Å². The summed E-state index contributed by atoms with van der Waals surface area (Å²) in [4.78, 5) is 13.5. The Labute approximate surface area is 69.2 Å². The molecule has 66 valence electrons. The van der Waals surface area contributed by atoms with E-state index in [-0.39, 0.29) is 5.82 Å². The van der Waals surface area contributed by atoms with E-state index in [9.17, 15) is 10.1 Å². The van der Waals surface area contributed by atoms with Crippen LogP contribution in [0.25, 0.3) is 0 Å². The van der Waals surface area contributed by atoms with Crippen molar-refractivity contribution in [1.82, 2.24) is 9.55 Å². The number of nitrogens with zero attached hydrogens (tertiary/aromatic N) is 3. The fourth-order valence-electron chi connectivity index (χ4n) is 0.945. The van der Waals surface area contributed by atoms with E-state index in [1.807, 2.05) is 0 Å². The molecule has 0 saturated carbocycles. The lowest BCUT2D eigenvalue weighted by atomic mass is 10.6. The van der Waals surface area contributed by atoms with E-state index in [1.54, 1.807) is 11.5 Å². The van der Waals surface area contributed by atoms with Gasteiger partial charge in [-0.25, -0.2) is 0 Å². The van der Waals surface area contributed by atoms with Gasteiger partial charge < -0.3 is 20.4 Å². The average Bonchev–Trinajstić information content (AvgIpc) is 2.34. The first-order valence-electron chi connectivity index (χ1n) is 3.53. The van der Waals surface area contributed by atoms with Gasteiger partial charge in [0.05, 0.1) is 0 Å². The summed E-state index contributed by atoms with van der Waals surface area (Å²) in [6, 6.07) is 0. The largest absolute Gasteiger partial charge is 0.381 e. The Morgan fingerprint density at radius 1 is 1.83 bits per heavy atom. The molecule has 1 heterocycles. The molecule has 0 aliphatic heterocycles. The predicted octanol–water partition coefficient (Wildman–Crippen LogP) is 0.0584. The minimum atomic E-state index is -0.514. The van der Waals surface area contributed by atoms with Gasteiger partial charge in [0, 0.05) is 20.0 Å². The molecule has 0 saturated heterocycles. The Morgan fingerprint density at radius 2 is 2.50 bits per heavy atom. The van der Waals surface area contributed by atoms with Crippen molar-refractivity contribution >= 4 is 5.82 Å². The molecule has 1 aromatic heterocycles. The maximum Gasteiger partial charge on any atom is 0.381 e. The lowest BCUT2D eigenvalue weighted by Gasteiger charge is -1.95. The Bertz CT molecular complexity index is 294. The summed E-state index contributed by atoms with van der Waals surface area (Å²) in [7, 11) is 0. The summed E-state index contributed by atoms with van der Waals surface area (Å²) >= 11 is 0. The van der Waals surface area contributed by atoms with Crippen LogP contribution < -0.4 is 5.73 Å². The second kappa shape index (κ2) is 3.31. The number of rotatable bonds is 3. The second-order valence-corrected chi connectivity index (χ2v) is 2.39. The Kier molecular flexibility index (Phi) is 2.39. The zero-order valence-electron chi connectivity index (χ0n) is 6.73. The van der Waals surface area contributed by atoms with Gasteiger partial charge >= 0.3 is 5.82 Å². The number of nitrogens with two attached hydrogens (primary N) is 1. The molecule has 0 atom stereocenters. The first-order valence-corrected chi connectivity index (χ1v) is 3.53. The van der Waals surface area contributed by atoms with E-state index >= 15 is 0 Å². The zero-order chi connectivity index (χ0) is 9.14. The highest BCUT2D eigenvalue weighted by Crippen LogP contribution is 2.09. The van der Waals surface area contributed by atoms with Gasteiger partial charge in [-0.05, 0) is 9.91 Å². The Morgan fingerprint density at radius 3 is 2.92 bits per heavy atom. The van der Waals surface area contributed by atoms with Crippen LogP contribution in [0.2, 0.25) is 0 Å². The molecule has 0 spiro atoms. The van der Waals surface area contributed by atoms with Crippen LogP contribution in [0, 0.1) is 17.0 Å². The molecule has 1 rings (SSSR count). The normalized spacial score (nSPS) is 10.2. The quantitative estimate of drug-likeness (QED) is 0.513. The van der Waals surface area contributed by atoms with Gasteiger partial charge in [0.15, 0.2) is 0 Å². The maximum absolute atomic E-state index is 10.3. The summed E-state index contributed by atoms with van der Waals surface area (Å²) in [5, 5.41) is 10.3. The zero-order valence-corrected chi connectivity index (χ0v) is 6.73. The van der Waals surface area contributed by atoms with Crippen molar-refractivity contribution in [3.8, 4) is 0 Å². The first kappa shape index (κ1) is 8.66. The molecule has 6 heteroatoms. The molecular weight excluding hydrogens is 160 g/mol. The third kappa shape index (κ3) is 1.59. The molecule has 1 aromatic rings. The highest BCUT2D eigenvalue weighted by atomic mass is 16.6. The molecule has 12 heavy (non-hydrogen) atoms. The van der Waals surface area contributed by atoms with Crippen molar-refractivity contribution in [3.05, 3.63) is 22.1 Å². The molecule has 2 N–H and O–H groups in total. The second-order valence-electron chi connectivity index (χ2n) is 2.39. The number of hydrogen-bond acceptors (Lipinski definition) is 4. The van der Waals surface area contributed by atoms with Gasteiger partial charge in [-0.15, -0.1) is 0 Å². The fourth-order valence-corrected chi connectivity index (χ4v) is 0.945. The molecule has 0 radical (unpaired) electrons. The summed E-state index contributed by atoms with van der Waals surface area (Å²) in [5.41, 5.74) is 5.30. The van der Waals surface area contributed by atoms with Crippen LogP contribution in [0.15, 0.2) is 6.20 Å². The lowest BCUT2D eigenvalue weighted by Crippen LogP contribution is -2.10. The average molecular weight is 170 g/mol. The standard InChI is InChI=1S/C6H10N4O2/c1-5-8-6(10(11)12)4-9(5)3-2-7/h4H,2-3,7H2,1H3. The van der Waals surface area contributed by atoms with Crippen molar-refractivity contribution in [3.63, 3.8) is 0 Å². The number of nitro groups is 1. The van der Waals surface area contributed by atoms with Crippen LogP contribution >= 0.6 is 0 Å². The fraction of sp³-hybridized carbons (Fsp3) is 0.500. The van der Waals surface area contributed by atoms with Crippen LogP contribution in [0.5, 0.6) is 0 Å². The van der Waals surface area contributed by atoms with Gasteiger partial charge in [0.2, 0.25) is 5.82 Å². The van der Waals surface area contributed by atoms with Crippen LogP contribution in [0.1, 0.15) is 5.82 Å². The number of aromatic nitrogens is 2. The van der Waals surface area contributed by atoms with Gasteiger partial charge in [0.1, 0.15) is 6.20 Å². The highest BCUT2D eigenvalue weighted by molar-refractivity contribution is 5.16. The van der Waals surface area contributed by atoms with Crippen LogP contribution in [-0.2, 0) is 6.54 Å². The summed E-state index contributed by atoms with van der Waals surface area (Å²) in [6.45, 7) is 2.73. The molecule has 0 aliphatic rings. The van der Waals surface area contributed by atoms with E-state index in [2.05, 4.69) is 4.98 Å². The van der Waals surface area contributed by atoms with Crippen LogP contribution in [0.3, 0.4) is 0 Å². The number of imidazole rings is 1. The van der Waals surface area contributed by atoms with Crippen molar-refractivity contribution in [1.29, 1.82) is 0 Å². The minimum Gasteiger partial charge on any atom is -0.358 e. The third-order valence-electron chi connectivity index (χ3n) is 1.52. The molecule has 0 unspecified atom stereocenters. The SMILES string of the molecule is Cc1nc([N+](=O)[O-])cn1CCN. The Balaban J connectivity index is 2.92. The summed E-state index contributed by atoms with van der Waals surface area (Å²) < 4.78 is 1.66. The molecule has 0 bridgehead atoms. The summed E-state index contributed by atoms with van der Waals surface area (Å²) in [6.07, 6.45) is 1.39. The van der Waals surface area contributed by atoms with Gasteiger partial charge in [-0.3, -0.25) is 0 Å². The summed E-state index contributed by atoms with van der Waals surface area (Å²) in [5.74, 6) is 0.494. The topological polar surface area (TPSA) is 87.0 Å². The maximum atomic E-state index is 10.3. The number of hydrogen-bond donors (Lipinski definition) is 1. The molecule has 6 nitrogen and oxygen atoms in total. The predicted molar refractivity (Wildman–Crippen MR) is 42.7 cm³/mol. The smallest absolute Gasteiger partial charge is 0.358 e. The van der Waals surface area contributed by atoms with E-state index in [0.29, 0.717) is 18.9 Å². The van der Waals surface area contributed by atoms with E-state index in [4.69, 9.17) is 5.73 Å². The van der Waals surface area contributed by atoms with Crippen molar-refractivity contribution in [2.75, 3.05) is 6.54 Å². The van der Waals surface area contributed by atoms with Crippen molar-refractivity contribution in [2.24, 2.45) is 5.73 Å². The minimum absolute atomic E-state index is 0.124. The van der Waals surface area contributed by atoms with Crippen LogP contribution in [-0.4, -0.2) is 21.0 Å². The van der Waals surface area contributed by atoms with E-state index in [1.165, 1.54) is 6.20 Å². The molecule has 0 amide bonds. The van der Waals surface area contributed by atoms with Gasteiger partial charge in [0.25, 0.3) is 0 Å². The number of aryl methyl sites for hydroxylation is 1. The van der Waals surface area contributed by atoms with Gasteiger partial charge in [-0.1, -0.05) is 0 Å². The van der Waals surface area contributed by atoms with E-state index in [0.717, 1.165) is 0 Å². The van der Waals surface area contributed by atoms with E-state index < -0.39 is 4.92 Å². The molecule has 0 fully saturated rings. The Hall–Kier alpha value is -1.43. The molecule has 0 aliphatic carbocycles. The monoisotopic (exact) mass is 170 g/mol. The van der Waals surface area contributed by atoms with Crippen molar-refractivity contribution < 1.29 is 4.92 Å². The van der Waals surface area contributed by atoms with Gasteiger partial charge in [-0.2, -0.15) is 0 Å². The lowest BCUT2D eigenvalue weighted by molar-refractivity contribution is -0.389. The molecular formula is C6H10N4O2. The molecule has 0 aromatic carbocycles. The third-order valence-corrected chi connectivity index (χ3v) is 1.52. The highest BCUT2D eigenvalue weighted by Gasteiger charge is 2.13.